The molecule has 3 heteroatoms. The van der Waals surface area contributed by atoms with Gasteiger partial charge < -0.3 is 4.74 Å². The summed E-state index contributed by atoms with van der Waals surface area (Å²) in [5, 5.41) is 1.28. The van der Waals surface area contributed by atoms with Crippen LogP contribution in [0.5, 0.6) is 0 Å². The van der Waals surface area contributed by atoms with Crippen LogP contribution < -0.4 is 0 Å². The summed E-state index contributed by atoms with van der Waals surface area (Å²) in [5.74, 6) is 0. The van der Waals surface area contributed by atoms with E-state index in [0.29, 0.717) is 6.04 Å². The molecule has 1 aliphatic heterocycles. The molecule has 1 aromatic heterocycles. The van der Waals surface area contributed by atoms with Gasteiger partial charge in [0.2, 0.25) is 0 Å². The number of rotatable bonds is 4. The Morgan fingerprint density at radius 3 is 2.83 bits per heavy atom. The lowest BCUT2D eigenvalue weighted by Gasteiger charge is -2.41. The van der Waals surface area contributed by atoms with E-state index in [1.807, 2.05) is 0 Å². The van der Waals surface area contributed by atoms with Crippen molar-refractivity contribution in [3.05, 3.63) is 41.6 Å². The first-order valence-electron chi connectivity index (χ1n) is 8.72. The van der Waals surface area contributed by atoms with Crippen molar-refractivity contribution in [2.24, 2.45) is 0 Å². The van der Waals surface area contributed by atoms with Crippen molar-refractivity contribution in [3.8, 4) is 0 Å². The Hall–Kier alpha value is -1.45. The highest BCUT2D eigenvalue weighted by molar-refractivity contribution is 5.82. The Bertz CT molecular complexity index is 680. The molecule has 0 aliphatic carbocycles. The van der Waals surface area contributed by atoms with E-state index in [1.165, 1.54) is 10.9 Å². The van der Waals surface area contributed by atoms with Gasteiger partial charge in [-0.05, 0) is 57.9 Å². The minimum Gasteiger partial charge on any atom is -0.375 e. The van der Waals surface area contributed by atoms with Crippen molar-refractivity contribution in [1.29, 1.82) is 0 Å². The summed E-state index contributed by atoms with van der Waals surface area (Å²) in [4.78, 5) is 7.27. The van der Waals surface area contributed by atoms with Gasteiger partial charge in [-0.1, -0.05) is 25.1 Å². The third kappa shape index (κ3) is 3.73. The van der Waals surface area contributed by atoms with Crippen molar-refractivity contribution in [3.63, 3.8) is 0 Å². The van der Waals surface area contributed by atoms with Gasteiger partial charge in [0, 0.05) is 30.3 Å². The monoisotopic (exact) mass is 312 g/mol. The molecule has 3 nitrogen and oxygen atoms in total. The molecule has 0 radical (unpaired) electrons. The lowest BCUT2D eigenvalue weighted by molar-refractivity contribution is -0.0838. The predicted molar refractivity (Wildman–Crippen MR) is 95.6 cm³/mol. The summed E-state index contributed by atoms with van der Waals surface area (Å²) in [7, 11) is 0. The molecule has 1 aromatic carbocycles. The number of para-hydroxylation sites is 1. The van der Waals surface area contributed by atoms with Gasteiger partial charge >= 0.3 is 0 Å². The first kappa shape index (κ1) is 16.4. The number of aryl methyl sites for hydroxylation is 1. The topological polar surface area (TPSA) is 25.4 Å². The molecule has 0 N–H and O–H groups in total. The first-order chi connectivity index (χ1) is 11.0. The Morgan fingerprint density at radius 2 is 2.09 bits per heavy atom. The molecule has 1 unspecified atom stereocenters. The molecular weight excluding hydrogens is 284 g/mol. The summed E-state index contributed by atoms with van der Waals surface area (Å²) in [5.41, 5.74) is 3.58. The molecule has 1 aliphatic rings. The summed E-state index contributed by atoms with van der Waals surface area (Å²) in [6.45, 7) is 11.7. The predicted octanol–water partition coefficient (Wildman–Crippen LogP) is 4.32. The second-order valence-corrected chi connectivity index (χ2v) is 7.26. The Morgan fingerprint density at radius 1 is 1.30 bits per heavy atom. The van der Waals surface area contributed by atoms with Crippen molar-refractivity contribution in [2.45, 2.75) is 58.7 Å². The van der Waals surface area contributed by atoms with Gasteiger partial charge in [0.25, 0.3) is 0 Å². The number of fused-ring (bicyclic) bond motifs is 1. The van der Waals surface area contributed by atoms with Crippen molar-refractivity contribution >= 4 is 10.9 Å². The number of nitrogens with zero attached hydrogens (tertiary/aromatic N) is 2. The van der Waals surface area contributed by atoms with E-state index in [-0.39, 0.29) is 5.60 Å². The fraction of sp³-hybridized carbons (Fsp3) is 0.550. The molecule has 23 heavy (non-hydrogen) atoms. The van der Waals surface area contributed by atoms with E-state index in [2.05, 4.69) is 67.9 Å². The van der Waals surface area contributed by atoms with Gasteiger partial charge in [-0.3, -0.25) is 9.88 Å². The van der Waals surface area contributed by atoms with E-state index in [9.17, 15) is 0 Å². The van der Waals surface area contributed by atoms with Crippen LogP contribution in [-0.2, 0) is 11.3 Å². The van der Waals surface area contributed by atoms with Gasteiger partial charge in [-0.2, -0.15) is 0 Å². The molecule has 0 spiro atoms. The Balaban J connectivity index is 1.87. The maximum atomic E-state index is 5.89. The zero-order valence-corrected chi connectivity index (χ0v) is 14.8. The van der Waals surface area contributed by atoms with E-state index >= 15 is 0 Å². The Kier molecular flexibility index (Phi) is 4.69. The molecule has 2 aromatic rings. The number of hydrogen-bond acceptors (Lipinski definition) is 3. The lowest BCUT2D eigenvalue weighted by atomic mass is 9.92. The summed E-state index contributed by atoms with van der Waals surface area (Å²) >= 11 is 0. The fourth-order valence-electron chi connectivity index (χ4n) is 3.75. The number of pyridine rings is 1. The fourth-order valence-corrected chi connectivity index (χ4v) is 3.75. The van der Waals surface area contributed by atoms with Crippen LogP contribution in [0.3, 0.4) is 0 Å². The van der Waals surface area contributed by atoms with E-state index in [1.54, 1.807) is 0 Å². The smallest absolute Gasteiger partial charge is 0.0708 e. The summed E-state index contributed by atoms with van der Waals surface area (Å²) in [6, 6.07) is 11.3. The number of ether oxygens (including phenoxy) is 1. The second kappa shape index (κ2) is 6.58. The SMILES string of the molecule is CCN(Cc1cc(C)nc2ccccc12)C1CCOC(C)(C)C1. The van der Waals surface area contributed by atoms with Crippen LogP contribution in [0.4, 0.5) is 0 Å². The molecule has 0 amide bonds. The van der Waals surface area contributed by atoms with Gasteiger partial charge in [0.15, 0.2) is 0 Å². The lowest BCUT2D eigenvalue weighted by Crippen LogP contribution is -2.45. The van der Waals surface area contributed by atoms with Crippen LogP contribution in [-0.4, -0.2) is 34.7 Å². The molecule has 3 rings (SSSR count). The minimum absolute atomic E-state index is 0.00738. The largest absolute Gasteiger partial charge is 0.375 e. The maximum absolute atomic E-state index is 5.89. The third-order valence-corrected chi connectivity index (χ3v) is 4.90. The highest BCUT2D eigenvalue weighted by Gasteiger charge is 2.31. The van der Waals surface area contributed by atoms with Crippen molar-refractivity contribution in [1.82, 2.24) is 9.88 Å². The molecule has 0 bridgehead atoms. The third-order valence-electron chi connectivity index (χ3n) is 4.90. The van der Waals surface area contributed by atoms with Crippen LogP contribution in [0.2, 0.25) is 0 Å². The van der Waals surface area contributed by atoms with Crippen LogP contribution in [0.25, 0.3) is 10.9 Å². The quantitative estimate of drug-likeness (QED) is 0.840. The average Bonchev–Trinajstić information content (AvgIpc) is 2.51. The molecule has 1 fully saturated rings. The molecular formula is C20H28N2O. The highest BCUT2D eigenvalue weighted by atomic mass is 16.5. The highest BCUT2D eigenvalue weighted by Crippen LogP contribution is 2.29. The van der Waals surface area contributed by atoms with Gasteiger partial charge in [0.05, 0.1) is 11.1 Å². The molecule has 1 atom stereocenters. The molecule has 0 saturated carbocycles. The Labute approximate surface area is 139 Å². The van der Waals surface area contributed by atoms with E-state index in [4.69, 9.17) is 4.74 Å². The van der Waals surface area contributed by atoms with Gasteiger partial charge in [-0.25, -0.2) is 0 Å². The number of hydrogen-bond donors (Lipinski definition) is 0. The molecule has 1 saturated heterocycles. The second-order valence-electron chi connectivity index (χ2n) is 7.26. The van der Waals surface area contributed by atoms with Crippen LogP contribution in [0.15, 0.2) is 30.3 Å². The van der Waals surface area contributed by atoms with Crippen molar-refractivity contribution < 1.29 is 4.74 Å². The van der Waals surface area contributed by atoms with E-state index < -0.39 is 0 Å². The van der Waals surface area contributed by atoms with Gasteiger partial charge in [0.1, 0.15) is 0 Å². The van der Waals surface area contributed by atoms with E-state index in [0.717, 1.165) is 43.7 Å². The zero-order valence-electron chi connectivity index (χ0n) is 14.8. The maximum Gasteiger partial charge on any atom is 0.0708 e. The average molecular weight is 312 g/mol. The van der Waals surface area contributed by atoms with Gasteiger partial charge in [-0.15, -0.1) is 0 Å². The molecule has 2 heterocycles. The van der Waals surface area contributed by atoms with Crippen LogP contribution >= 0.6 is 0 Å². The standard InChI is InChI=1S/C20H28N2O/c1-5-22(17-10-11-23-20(3,4)13-17)14-16-12-15(2)21-19-9-7-6-8-18(16)19/h6-9,12,17H,5,10-11,13-14H2,1-4H3. The first-order valence-corrected chi connectivity index (χ1v) is 8.72. The minimum atomic E-state index is -0.00738. The molecule has 124 valence electrons. The number of benzene rings is 1. The van der Waals surface area contributed by atoms with Crippen LogP contribution in [0, 0.1) is 6.92 Å². The van der Waals surface area contributed by atoms with Crippen molar-refractivity contribution in [2.75, 3.05) is 13.2 Å². The summed E-state index contributed by atoms with van der Waals surface area (Å²) in [6.07, 6.45) is 2.22. The number of aromatic nitrogens is 1. The normalized spacial score (nSPS) is 21.0. The van der Waals surface area contributed by atoms with Crippen LogP contribution in [0.1, 0.15) is 44.9 Å². The zero-order chi connectivity index (χ0) is 16.4. The summed E-state index contributed by atoms with van der Waals surface area (Å²) < 4.78 is 5.89.